The van der Waals surface area contributed by atoms with Crippen LogP contribution >= 0.6 is 11.3 Å². The van der Waals surface area contributed by atoms with Crippen LogP contribution in [0, 0.1) is 5.82 Å². The number of hydrogen-bond acceptors (Lipinski definition) is 6. The number of esters is 1. The van der Waals surface area contributed by atoms with Crippen LogP contribution in [0.3, 0.4) is 0 Å². The third-order valence-electron chi connectivity index (χ3n) is 2.40. The summed E-state index contributed by atoms with van der Waals surface area (Å²) in [6.45, 7) is -0.480. The van der Waals surface area contributed by atoms with Crippen LogP contribution in [-0.4, -0.2) is 30.6 Å². The molecule has 21 heavy (non-hydrogen) atoms. The van der Waals surface area contributed by atoms with Gasteiger partial charge in [-0.15, -0.1) is 11.3 Å². The third-order valence-corrected chi connectivity index (χ3v) is 3.09. The summed E-state index contributed by atoms with van der Waals surface area (Å²) in [5.74, 6) is -1.98. The Morgan fingerprint density at radius 1 is 1.43 bits per heavy atom. The fourth-order valence-electron chi connectivity index (χ4n) is 1.45. The van der Waals surface area contributed by atoms with Crippen LogP contribution in [0.1, 0.15) is 10.4 Å². The third kappa shape index (κ3) is 3.99. The molecule has 0 spiro atoms. The fraction of sp³-hybridized carbons (Fsp3) is 0.154. The Morgan fingerprint density at radius 3 is 2.86 bits per heavy atom. The monoisotopic (exact) mass is 310 g/mol. The summed E-state index contributed by atoms with van der Waals surface area (Å²) in [5.41, 5.74) is -0.00431. The summed E-state index contributed by atoms with van der Waals surface area (Å²) in [6, 6.07) is 3.64. The normalized spacial score (nSPS) is 10.0. The summed E-state index contributed by atoms with van der Waals surface area (Å²) in [7, 11) is 1.32. The molecule has 2 rings (SSSR count). The Hall–Kier alpha value is -2.48. The highest BCUT2D eigenvalue weighted by Crippen LogP contribution is 2.18. The molecule has 0 saturated heterocycles. The number of nitrogens with zero attached hydrogens (tertiary/aromatic N) is 1. The van der Waals surface area contributed by atoms with Crippen LogP contribution in [0.5, 0.6) is 5.75 Å². The van der Waals surface area contributed by atoms with E-state index >= 15 is 0 Å². The summed E-state index contributed by atoms with van der Waals surface area (Å²) in [5, 5.41) is 4.56. The van der Waals surface area contributed by atoms with E-state index in [1.165, 1.54) is 36.8 Å². The van der Waals surface area contributed by atoms with Crippen molar-refractivity contribution in [2.24, 2.45) is 0 Å². The van der Waals surface area contributed by atoms with Crippen molar-refractivity contribution in [2.45, 2.75) is 0 Å². The van der Waals surface area contributed by atoms with Gasteiger partial charge in [0.25, 0.3) is 5.91 Å². The van der Waals surface area contributed by atoms with E-state index in [2.05, 4.69) is 10.3 Å². The smallest absolute Gasteiger partial charge is 0.338 e. The Kier molecular flexibility index (Phi) is 4.83. The average Bonchev–Trinajstić information content (AvgIpc) is 2.97. The van der Waals surface area contributed by atoms with Crippen molar-refractivity contribution in [1.29, 1.82) is 0 Å². The lowest BCUT2D eigenvalue weighted by Gasteiger charge is -2.06. The SMILES string of the molecule is COc1ccc(C(=O)OCC(=O)Nc2nccs2)cc1F. The van der Waals surface area contributed by atoms with E-state index in [0.29, 0.717) is 5.13 Å². The van der Waals surface area contributed by atoms with Crippen LogP contribution in [0.15, 0.2) is 29.8 Å². The van der Waals surface area contributed by atoms with Crippen LogP contribution in [0.4, 0.5) is 9.52 Å². The highest BCUT2D eigenvalue weighted by Gasteiger charge is 2.13. The lowest BCUT2D eigenvalue weighted by Crippen LogP contribution is -2.20. The molecular weight excluding hydrogens is 299 g/mol. The first-order valence-electron chi connectivity index (χ1n) is 5.80. The van der Waals surface area contributed by atoms with Crippen LogP contribution in [0.25, 0.3) is 0 Å². The first kappa shape index (κ1) is 14.9. The molecule has 0 radical (unpaired) electrons. The van der Waals surface area contributed by atoms with Crippen molar-refractivity contribution in [1.82, 2.24) is 4.98 Å². The Morgan fingerprint density at radius 2 is 2.24 bits per heavy atom. The summed E-state index contributed by atoms with van der Waals surface area (Å²) >= 11 is 1.24. The van der Waals surface area contributed by atoms with E-state index in [1.54, 1.807) is 5.38 Å². The van der Waals surface area contributed by atoms with E-state index < -0.39 is 24.3 Å². The quantitative estimate of drug-likeness (QED) is 0.856. The first-order valence-corrected chi connectivity index (χ1v) is 6.68. The van der Waals surface area contributed by atoms with Crippen molar-refractivity contribution >= 4 is 28.3 Å². The molecule has 2 aromatic rings. The lowest BCUT2D eigenvalue weighted by molar-refractivity contribution is -0.119. The predicted octanol–water partition coefficient (Wildman–Crippen LogP) is 2.09. The van der Waals surface area contributed by atoms with Crippen LogP contribution in [0.2, 0.25) is 0 Å². The number of methoxy groups -OCH3 is 1. The van der Waals surface area contributed by atoms with Crippen molar-refractivity contribution < 1.29 is 23.5 Å². The van der Waals surface area contributed by atoms with Crippen molar-refractivity contribution in [2.75, 3.05) is 19.0 Å². The molecule has 1 amide bonds. The van der Waals surface area contributed by atoms with Crippen molar-refractivity contribution in [3.05, 3.63) is 41.2 Å². The second-order valence-corrected chi connectivity index (χ2v) is 4.71. The van der Waals surface area contributed by atoms with Crippen molar-refractivity contribution in [3.8, 4) is 5.75 Å². The zero-order valence-electron chi connectivity index (χ0n) is 11.0. The minimum atomic E-state index is -0.800. The molecule has 1 aromatic heterocycles. The molecule has 0 saturated carbocycles. The minimum absolute atomic E-state index is 0.00431. The number of ether oxygens (including phenoxy) is 2. The van der Waals surface area contributed by atoms with E-state index in [4.69, 9.17) is 9.47 Å². The number of nitrogens with one attached hydrogen (secondary N) is 1. The molecule has 0 atom stereocenters. The highest BCUT2D eigenvalue weighted by molar-refractivity contribution is 7.13. The molecule has 1 aromatic carbocycles. The van der Waals surface area contributed by atoms with Crippen LogP contribution < -0.4 is 10.1 Å². The number of amides is 1. The van der Waals surface area contributed by atoms with Gasteiger partial charge in [-0.1, -0.05) is 0 Å². The first-order chi connectivity index (χ1) is 10.1. The molecule has 0 aliphatic heterocycles. The summed E-state index contributed by atoms with van der Waals surface area (Å²) < 4.78 is 23.0. The molecule has 0 aliphatic rings. The summed E-state index contributed by atoms with van der Waals surface area (Å²) in [4.78, 5) is 27.0. The van der Waals surface area contributed by atoms with Gasteiger partial charge in [0.1, 0.15) is 0 Å². The zero-order chi connectivity index (χ0) is 15.2. The minimum Gasteiger partial charge on any atom is -0.494 e. The summed E-state index contributed by atoms with van der Waals surface area (Å²) in [6.07, 6.45) is 1.53. The highest BCUT2D eigenvalue weighted by atomic mass is 32.1. The molecule has 1 N–H and O–H groups in total. The number of rotatable bonds is 5. The Bertz CT molecular complexity index is 646. The predicted molar refractivity (Wildman–Crippen MR) is 74.0 cm³/mol. The number of benzene rings is 1. The number of thiazole rings is 1. The van der Waals surface area contributed by atoms with Gasteiger partial charge < -0.3 is 9.47 Å². The van der Waals surface area contributed by atoms with Crippen LogP contribution in [-0.2, 0) is 9.53 Å². The van der Waals surface area contributed by atoms with E-state index in [1.807, 2.05) is 0 Å². The largest absolute Gasteiger partial charge is 0.494 e. The molecule has 110 valence electrons. The number of carbonyl (C=O) groups is 2. The van der Waals surface area contributed by atoms with Gasteiger partial charge >= 0.3 is 5.97 Å². The molecular formula is C13H11FN2O4S. The number of hydrogen-bond donors (Lipinski definition) is 1. The van der Waals surface area contributed by atoms with E-state index in [-0.39, 0.29) is 11.3 Å². The molecule has 0 aliphatic carbocycles. The topological polar surface area (TPSA) is 77.5 Å². The maximum Gasteiger partial charge on any atom is 0.338 e. The van der Waals surface area contributed by atoms with Gasteiger partial charge in [0, 0.05) is 11.6 Å². The Balaban J connectivity index is 1.89. The van der Waals surface area contributed by atoms with Gasteiger partial charge in [-0.05, 0) is 18.2 Å². The number of carbonyl (C=O) groups excluding carboxylic acids is 2. The second kappa shape index (κ2) is 6.80. The second-order valence-electron chi connectivity index (χ2n) is 3.81. The van der Waals surface area contributed by atoms with Gasteiger partial charge in [-0.25, -0.2) is 14.2 Å². The van der Waals surface area contributed by atoms with Gasteiger partial charge in [0.2, 0.25) is 0 Å². The van der Waals surface area contributed by atoms with Crippen molar-refractivity contribution in [3.63, 3.8) is 0 Å². The molecule has 6 nitrogen and oxygen atoms in total. The van der Waals surface area contributed by atoms with E-state index in [0.717, 1.165) is 6.07 Å². The molecule has 0 fully saturated rings. The number of aromatic nitrogens is 1. The number of anilines is 1. The number of halogens is 1. The maximum absolute atomic E-state index is 13.4. The Labute approximate surface area is 123 Å². The fourth-order valence-corrected chi connectivity index (χ4v) is 1.99. The maximum atomic E-state index is 13.4. The van der Waals surface area contributed by atoms with E-state index in [9.17, 15) is 14.0 Å². The molecule has 0 bridgehead atoms. The van der Waals surface area contributed by atoms with Gasteiger partial charge in [-0.3, -0.25) is 10.1 Å². The molecule has 0 unspecified atom stereocenters. The lowest BCUT2D eigenvalue weighted by atomic mass is 10.2. The van der Waals surface area contributed by atoms with Gasteiger partial charge in [0.15, 0.2) is 23.3 Å². The standard InChI is InChI=1S/C13H11FN2O4S/c1-19-10-3-2-8(6-9(10)14)12(18)20-7-11(17)16-13-15-4-5-21-13/h2-6H,7H2,1H3,(H,15,16,17). The molecule has 8 heteroatoms. The molecule has 1 heterocycles. The average molecular weight is 310 g/mol. The van der Waals surface area contributed by atoms with Gasteiger partial charge in [0.05, 0.1) is 12.7 Å². The van der Waals surface area contributed by atoms with Gasteiger partial charge in [-0.2, -0.15) is 0 Å². The zero-order valence-corrected chi connectivity index (χ0v) is 11.8.